The molecule has 0 saturated carbocycles. The average molecular weight is 268 g/mol. The molecule has 0 bridgehead atoms. The van der Waals surface area contributed by atoms with E-state index < -0.39 is 0 Å². The Balaban J connectivity index is 3.09. The fourth-order valence-electron chi connectivity index (χ4n) is 1.85. The highest BCUT2D eigenvalue weighted by molar-refractivity contribution is 5.66. The van der Waals surface area contributed by atoms with Gasteiger partial charge in [-0.05, 0) is 24.6 Å². The van der Waals surface area contributed by atoms with Crippen molar-refractivity contribution in [3.63, 3.8) is 0 Å². The minimum absolute atomic E-state index is 0.106. The first-order chi connectivity index (χ1) is 9.03. The van der Waals surface area contributed by atoms with E-state index in [2.05, 4.69) is 0 Å². The quantitative estimate of drug-likeness (QED) is 0.795. The summed E-state index contributed by atoms with van der Waals surface area (Å²) in [5.74, 6) is 0.631. The lowest BCUT2D eigenvalue weighted by Crippen LogP contribution is -2.15. The molecule has 1 rings (SSSR count). The maximum absolute atomic E-state index is 10.9. The Kier molecular flexibility index (Phi) is 5.63. The van der Waals surface area contributed by atoms with Gasteiger partial charge in [-0.25, -0.2) is 0 Å². The summed E-state index contributed by atoms with van der Waals surface area (Å²) in [5.41, 5.74) is 1.70. The molecule has 0 aromatic heterocycles. The van der Waals surface area contributed by atoms with Crippen molar-refractivity contribution in [3.05, 3.63) is 23.3 Å². The minimum atomic E-state index is -0.378. The van der Waals surface area contributed by atoms with Gasteiger partial charge in [0, 0.05) is 18.4 Å². The lowest BCUT2D eigenvalue weighted by molar-refractivity contribution is -0.141. The number of aryl methyl sites for hydroxylation is 1. The van der Waals surface area contributed by atoms with Crippen molar-refractivity contribution in [2.24, 2.45) is 0 Å². The van der Waals surface area contributed by atoms with E-state index in [0.717, 1.165) is 11.1 Å². The van der Waals surface area contributed by atoms with E-state index in [1.165, 1.54) is 6.92 Å². The maximum Gasteiger partial charge on any atom is 0.302 e. The van der Waals surface area contributed by atoms with Gasteiger partial charge in [0.1, 0.15) is 18.1 Å². The number of rotatable bonds is 6. The molecule has 1 aromatic rings. The number of aliphatic hydroxyl groups is 1. The average Bonchev–Trinajstić information content (AvgIpc) is 2.39. The number of hydrogen-bond acceptors (Lipinski definition) is 5. The number of carbonyl (C=O) groups is 1. The van der Waals surface area contributed by atoms with E-state index in [4.69, 9.17) is 14.2 Å². The zero-order chi connectivity index (χ0) is 14.4. The molecular formula is C14H20O5. The highest BCUT2D eigenvalue weighted by Crippen LogP contribution is 2.33. The van der Waals surface area contributed by atoms with Crippen LogP contribution in [-0.2, 0) is 9.53 Å². The van der Waals surface area contributed by atoms with Crippen LogP contribution in [0.4, 0.5) is 0 Å². The van der Waals surface area contributed by atoms with Crippen LogP contribution in [0.3, 0.4) is 0 Å². The van der Waals surface area contributed by atoms with Gasteiger partial charge in [-0.2, -0.15) is 0 Å². The molecule has 0 aliphatic rings. The summed E-state index contributed by atoms with van der Waals surface area (Å²) in [4.78, 5) is 10.9. The number of hydrogen-bond donors (Lipinski definition) is 1. The Hall–Kier alpha value is -1.75. The highest BCUT2D eigenvalue weighted by atomic mass is 16.5. The molecule has 0 aliphatic carbocycles. The van der Waals surface area contributed by atoms with Crippen LogP contribution >= 0.6 is 0 Å². The summed E-state index contributed by atoms with van der Waals surface area (Å²) < 4.78 is 15.5. The number of ether oxygens (including phenoxy) is 3. The van der Waals surface area contributed by atoms with E-state index in [-0.39, 0.29) is 25.1 Å². The Morgan fingerprint density at radius 1 is 1.26 bits per heavy atom. The van der Waals surface area contributed by atoms with Crippen LogP contribution in [-0.4, -0.2) is 38.5 Å². The molecule has 0 fully saturated rings. The smallest absolute Gasteiger partial charge is 0.302 e. The fraction of sp³-hybridized carbons (Fsp3) is 0.500. The standard InChI is InChI=1S/C14H20O5/c1-9-5-14(18-4)12(6-13(9)17-3)11(7-15)8-19-10(2)16/h5-6,11,15H,7-8H2,1-4H3/t11-/m0/s1. The molecule has 0 amide bonds. The molecule has 5 nitrogen and oxygen atoms in total. The Bertz CT molecular complexity index is 442. The molecule has 1 N–H and O–H groups in total. The van der Waals surface area contributed by atoms with Gasteiger partial charge in [-0.1, -0.05) is 0 Å². The summed E-state index contributed by atoms with van der Waals surface area (Å²) in [7, 11) is 3.14. The lowest BCUT2D eigenvalue weighted by atomic mass is 9.97. The summed E-state index contributed by atoms with van der Waals surface area (Å²) >= 11 is 0. The number of carbonyl (C=O) groups excluding carboxylic acids is 1. The monoisotopic (exact) mass is 268 g/mol. The van der Waals surface area contributed by atoms with Crippen molar-refractivity contribution in [3.8, 4) is 11.5 Å². The predicted molar refractivity (Wildman–Crippen MR) is 70.7 cm³/mol. The second-order valence-electron chi connectivity index (χ2n) is 4.25. The first kappa shape index (κ1) is 15.3. The van der Waals surface area contributed by atoms with E-state index in [9.17, 15) is 9.90 Å². The number of esters is 1. The molecule has 106 valence electrons. The second-order valence-corrected chi connectivity index (χ2v) is 4.25. The van der Waals surface area contributed by atoms with Crippen LogP contribution in [0.5, 0.6) is 11.5 Å². The largest absolute Gasteiger partial charge is 0.496 e. The number of aliphatic hydroxyl groups excluding tert-OH is 1. The third-order valence-corrected chi connectivity index (χ3v) is 2.90. The number of methoxy groups -OCH3 is 2. The zero-order valence-corrected chi connectivity index (χ0v) is 11.7. The highest BCUT2D eigenvalue weighted by Gasteiger charge is 2.19. The van der Waals surface area contributed by atoms with Crippen molar-refractivity contribution in [1.29, 1.82) is 0 Å². The van der Waals surface area contributed by atoms with E-state index in [0.29, 0.717) is 11.5 Å². The van der Waals surface area contributed by atoms with Gasteiger partial charge in [-0.3, -0.25) is 4.79 Å². The Labute approximate surface area is 113 Å². The van der Waals surface area contributed by atoms with Gasteiger partial charge < -0.3 is 19.3 Å². The second kappa shape index (κ2) is 6.99. The van der Waals surface area contributed by atoms with Crippen LogP contribution in [0, 0.1) is 6.92 Å². The summed E-state index contributed by atoms with van der Waals surface area (Å²) in [5, 5.41) is 9.46. The molecule has 19 heavy (non-hydrogen) atoms. The molecule has 1 aromatic carbocycles. The van der Waals surface area contributed by atoms with E-state index in [1.54, 1.807) is 20.3 Å². The van der Waals surface area contributed by atoms with Crippen molar-refractivity contribution in [2.45, 2.75) is 19.8 Å². The van der Waals surface area contributed by atoms with Crippen LogP contribution in [0.1, 0.15) is 24.0 Å². The molecule has 0 spiro atoms. The Morgan fingerprint density at radius 2 is 1.89 bits per heavy atom. The fourth-order valence-corrected chi connectivity index (χ4v) is 1.85. The van der Waals surface area contributed by atoms with Gasteiger partial charge in [-0.15, -0.1) is 0 Å². The molecule has 0 radical (unpaired) electrons. The lowest BCUT2D eigenvalue weighted by Gasteiger charge is -2.19. The first-order valence-electron chi connectivity index (χ1n) is 6.00. The third kappa shape index (κ3) is 3.86. The molecular weight excluding hydrogens is 248 g/mol. The number of benzene rings is 1. The van der Waals surface area contributed by atoms with Crippen LogP contribution < -0.4 is 9.47 Å². The summed E-state index contributed by atoms with van der Waals surface area (Å²) in [6.07, 6.45) is 0. The SMILES string of the molecule is COc1cc([C@@H](CO)COC(C)=O)c(OC)cc1C. The molecule has 0 heterocycles. The van der Waals surface area contributed by atoms with E-state index in [1.807, 2.05) is 13.0 Å². The third-order valence-electron chi connectivity index (χ3n) is 2.90. The van der Waals surface area contributed by atoms with Gasteiger partial charge in [0.2, 0.25) is 0 Å². The molecule has 0 unspecified atom stereocenters. The van der Waals surface area contributed by atoms with Crippen LogP contribution in [0.15, 0.2) is 12.1 Å². The maximum atomic E-state index is 10.9. The van der Waals surface area contributed by atoms with Crippen molar-refractivity contribution >= 4 is 5.97 Å². The molecule has 1 atom stereocenters. The summed E-state index contributed by atoms with van der Waals surface area (Å²) in [6.45, 7) is 3.21. The van der Waals surface area contributed by atoms with Gasteiger partial charge in [0.05, 0.1) is 20.8 Å². The molecule has 5 heteroatoms. The summed E-state index contributed by atoms with van der Waals surface area (Å²) in [6, 6.07) is 3.64. The van der Waals surface area contributed by atoms with Gasteiger partial charge >= 0.3 is 5.97 Å². The van der Waals surface area contributed by atoms with Crippen LogP contribution in [0.2, 0.25) is 0 Å². The van der Waals surface area contributed by atoms with Gasteiger partial charge in [0.25, 0.3) is 0 Å². The van der Waals surface area contributed by atoms with Crippen molar-refractivity contribution in [1.82, 2.24) is 0 Å². The van der Waals surface area contributed by atoms with Gasteiger partial charge in [0.15, 0.2) is 0 Å². The topological polar surface area (TPSA) is 65.0 Å². The predicted octanol–water partition coefficient (Wildman–Crippen LogP) is 1.65. The molecule has 0 saturated heterocycles. The van der Waals surface area contributed by atoms with Crippen molar-refractivity contribution in [2.75, 3.05) is 27.4 Å². The molecule has 0 aliphatic heterocycles. The van der Waals surface area contributed by atoms with Crippen LogP contribution in [0.25, 0.3) is 0 Å². The Morgan fingerprint density at radius 3 is 2.37 bits per heavy atom. The first-order valence-corrected chi connectivity index (χ1v) is 6.00. The normalized spacial score (nSPS) is 11.8. The minimum Gasteiger partial charge on any atom is -0.496 e. The van der Waals surface area contributed by atoms with Crippen molar-refractivity contribution < 1.29 is 24.1 Å². The zero-order valence-electron chi connectivity index (χ0n) is 11.7. The van der Waals surface area contributed by atoms with E-state index >= 15 is 0 Å².